The van der Waals surface area contributed by atoms with Crippen molar-refractivity contribution in [2.75, 3.05) is 24.7 Å². The van der Waals surface area contributed by atoms with Gasteiger partial charge in [0.15, 0.2) is 0 Å². The van der Waals surface area contributed by atoms with Crippen molar-refractivity contribution in [2.45, 2.75) is 38.2 Å². The zero-order valence-electron chi connectivity index (χ0n) is 10.7. The van der Waals surface area contributed by atoms with Crippen LogP contribution in [0.5, 0.6) is 0 Å². The smallest absolute Gasteiger partial charge is 0.136 e. The second-order valence-electron chi connectivity index (χ2n) is 5.13. The van der Waals surface area contributed by atoms with Crippen LogP contribution in [0.2, 0.25) is 0 Å². The van der Waals surface area contributed by atoms with Gasteiger partial charge < -0.3 is 15.8 Å². The van der Waals surface area contributed by atoms with Gasteiger partial charge in [-0.15, -0.1) is 0 Å². The molecule has 1 aliphatic rings. The molecular formula is C12H20N4O. The second-order valence-corrected chi connectivity index (χ2v) is 5.13. The van der Waals surface area contributed by atoms with E-state index in [1.807, 2.05) is 13.8 Å². The average Bonchev–Trinajstić information content (AvgIpc) is 3.10. The standard InChI is InChI=1S/C12H20N4O/c1-12(2,17-3)7-14-10-6-9(13)15-11(16-10)8-4-5-8/h6,8H,4-5,7H2,1-3H3,(H3,13,14,15,16). The largest absolute Gasteiger partial charge is 0.384 e. The fourth-order valence-electron chi connectivity index (χ4n) is 1.48. The van der Waals surface area contributed by atoms with Gasteiger partial charge in [0, 0.05) is 25.6 Å². The molecule has 0 aromatic carbocycles. The molecule has 17 heavy (non-hydrogen) atoms. The summed E-state index contributed by atoms with van der Waals surface area (Å²) in [5, 5.41) is 3.24. The summed E-state index contributed by atoms with van der Waals surface area (Å²) in [5.74, 6) is 2.68. The van der Waals surface area contributed by atoms with E-state index in [1.54, 1.807) is 13.2 Å². The SMILES string of the molecule is COC(C)(C)CNc1cc(N)nc(C2CC2)n1. The Balaban J connectivity index is 2.05. The number of methoxy groups -OCH3 is 1. The molecule has 0 atom stereocenters. The van der Waals surface area contributed by atoms with Crippen LogP contribution in [0.3, 0.4) is 0 Å². The molecule has 1 aromatic heterocycles. The molecule has 2 rings (SSSR count). The van der Waals surface area contributed by atoms with Gasteiger partial charge in [-0.3, -0.25) is 0 Å². The lowest BCUT2D eigenvalue weighted by atomic mass is 10.1. The number of rotatable bonds is 5. The Morgan fingerprint density at radius 1 is 1.47 bits per heavy atom. The summed E-state index contributed by atoms with van der Waals surface area (Å²) in [5.41, 5.74) is 5.55. The minimum Gasteiger partial charge on any atom is -0.384 e. The van der Waals surface area contributed by atoms with Gasteiger partial charge in [0.05, 0.1) is 5.60 Å². The number of nitrogen functional groups attached to an aromatic ring is 1. The fourth-order valence-corrected chi connectivity index (χ4v) is 1.48. The maximum Gasteiger partial charge on any atom is 0.136 e. The summed E-state index contributed by atoms with van der Waals surface area (Å²) >= 11 is 0. The van der Waals surface area contributed by atoms with E-state index in [0.29, 0.717) is 18.3 Å². The normalized spacial score (nSPS) is 15.9. The molecule has 1 aliphatic carbocycles. The topological polar surface area (TPSA) is 73.1 Å². The highest BCUT2D eigenvalue weighted by Crippen LogP contribution is 2.38. The van der Waals surface area contributed by atoms with Crippen LogP contribution in [-0.4, -0.2) is 29.2 Å². The van der Waals surface area contributed by atoms with Crippen LogP contribution in [0.15, 0.2) is 6.07 Å². The molecule has 1 heterocycles. The lowest BCUT2D eigenvalue weighted by Gasteiger charge is -2.23. The van der Waals surface area contributed by atoms with Crippen LogP contribution >= 0.6 is 0 Å². The highest BCUT2D eigenvalue weighted by molar-refractivity contribution is 5.45. The zero-order chi connectivity index (χ0) is 12.5. The van der Waals surface area contributed by atoms with E-state index in [2.05, 4.69) is 15.3 Å². The Morgan fingerprint density at radius 2 is 2.18 bits per heavy atom. The monoisotopic (exact) mass is 236 g/mol. The molecule has 0 aliphatic heterocycles. The van der Waals surface area contributed by atoms with Gasteiger partial charge in [-0.2, -0.15) is 0 Å². The third kappa shape index (κ3) is 3.30. The van der Waals surface area contributed by atoms with Crippen LogP contribution in [0, 0.1) is 0 Å². The van der Waals surface area contributed by atoms with E-state index in [4.69, 9.17) is 10.5 Å². The van der Waals surface area contributed by atoms with E-state index in [-0.39, 0.29) is 5.60 Å². The fraction of sp³-hybridized carbons (Fsp3) is 0.667. The maximum atomic E-state index is 5.77. The minimum absolute atomic E-state index is 0.223. The van der Waals surface area contributed by atoms with Gasteiger partial charge in [0.2, 0.25) is 0 Å². The molecule has 3 N–H and O–H groups in total. The van der Waals surface area contributed by atoms with Gasteiger partial charge in [0.1, 0.15) is 17.5 Å². The average molecular weight is 236 g/mol. The van der Waals surface area contributed by atoms with Crippen molar-refractivity contribution in [1.29, 1.82) is 0 Å². The molecule has 94 valence electrons. The summed E-state index contributed by atoms with van der Waals surface area (Å²) in [7, 11) is 1.70. The highest BCUT2D eigenvalue weighted by atomic mass is 16.5. The van der Waals surface area contributed by atoms with Crippen molar-refractivity contribution in [1.82, 2.24) is 9.97 Å². The van der Waals surface area contributed by atoms with Crippen molar-refractivity contribution in [3.63, 3.8) is 0 Å². The van der Waals surface area contributed by atoms with Crippen molar-refractivity contribution < 1.29 is 4.74 Å². The molecule has 0 unspecified atom stereocenters. The summed E-state index contributed by atoms with van der Waals surface area (Å²) in [6, 6.07) is 1.76. The van der Waals surface area contributed by atoms with E-state index < -0.39 is 0 Å². The van der Waals surface area contributed by atoms with Crippen LogP contribution < -0.4 is 11.1 Å². The first-order valence-electron chi connectivity index (χ1n) is 5.94. The van der Waals surface area contributed by atoms with Crippen LogP contribution in [-0.2, 0) is 4.74 Å². The number of nitrogens with one attached hydrogen (secondary N) is 1. The first kappa shape index (κ1) is 12.1. The van der Waals surface area contributed by atoms with Crippen LogP contribution in [0.1, 0.15) is 38.4 Å². The second kappa shape index (κ2) is 4.49. The number of hydrogen-bond acceptors (Lipinski definition) is 5. The molecule has 0 bridgehead atoms. The van der Waals surface area contributed by atoms with Gasteiger partial charge in [-0.05, 0) is 26.7 Å². The lowest BCUT2D eigenvalue weighted by Crippen LogP contribution is -2.32. The van der Waals surface area contributed by atoms with Crippen LogP contribution in [0.25, 0.3) is 0 Å². The first-order valence-corrected chi connectivity index (χ1v) is 5.94. The molecule has 0 radical (unpaired) electrons. The zero-order valence-corrected chi connectivity index (χ0v) is 10.7. The Bertz CT molecular complexity index is 401. The predicted octanol–water partition coefficient (Wildman–Crippen LogP) is 1.77. The molecule has 1 fully saturated rings. The lowest BCUT2D eigenvalue weighted by molar-refractivity contribution is 0.0343. The molecule has 1 saturated carbocycles. The molecule has 0 saturated heterocycles. The molecular weight excluding hydrogens is 216 g/mol. The number of nitrogens with zero attached hydrogens (tertiary/aromatic N) is 2. The summed E-state index contributed by atoms with van der Waals surface area (Å²) in [4.78, 5) is 8.73. The van der Waals surface area contributed by atoms with Crippen molar-refractivity contribution in [2.24, 2.45) is 0 Å². The third-order valence-electron chi connectivity index (χ3n) is 2.95. The molecule has 0 amide bonds. The van der Waals surface area contributed by atoms with Gasteiger partial charge >= 0.3 is 0 Å². The number of hydrogen-bond donors (Lipinski definition) is 2. The van der Waals surface area contributed by atoms with Gasteiger partial charge in [-0.25, -0.2) is 9.97 Å². The Hall–Kier alpha value is -1.36. The van der Waals surface area contributed by atoms with Crippen molar-refractivity contribution in [3.8, 4) is 0 Å². The number of ether oxygens (including phenoxy) is 1. The molecule has 5 nitrogen and oxygen atoms in total. The Kier molecular flexibility index (Phi) is 3.19. The van der Waals surface area contributed by atoms with Crippen LogP contribution in [0.4, 0.5) is 11.6 Å². The number of anilines is 2. The first-order chi connectivity index (χ1) is 8.00. The van der Waals surface area contributed by atoms with Crippen molar-refractivity contribution >= 4 is 11.6 Å². The van der Waals surface area contributed by atoms with E-state index in [9.17, 15) is 0 Å². The quantitative estimate of drug-likeness (QED) is 0.815. The minimum atomic E-state index is -0.223. The third-order valence-corrected chi connectivity index (χ3v) is 2.95. The number of nitrogens with two attached hydrogens (primary N) is 1. The Labute approximate surface area is 102 Å². The molecule has 0 spiro atoms. The predicted molar refractivity (Wildman–Crippen MR) is 68.0 cm³/mol. The van der Waals surface area contributed by atoms with E-state index in [0.717, 1.165) is 11.6 Å². The summed E-state index contributed by atoms with van der Waals surface area (Å²) in [6.07, 6.45) is 2.35. The Morgan fingerprint density at radius 3 is 2.76 bits per heavy atom. The highest BCUT2D eigenvalue weighted by Gasteiger charge is 2.27. The number of aromatic nitrogens is 2. The summed E-state index contributed by atoms with van der Waals surface area (Å²) < 4.78 is 5.34. The van der Waals surface area contributed by atoms with E-state index >= 15 is 0 Å². The molecule has 1 aromatic rings. The van der Waals surface area contributed by atoms with Gasteiger partial charge in [-0.1, -0.05) is 0 Å². The maximum absolute atomic E-state index is 5.77. The van der Waals surface area contributed by atoms with Crippen molar-refractivity contribution in [3.05, 3.63) is 11.9 Å². The van der Waals surface area contributed by atoms with Gasteiger partial charge in [0.25, 0.3) is 0 Å². The van der Waals surface area contributed by atoms with E-state index in [1.165, 1.54) is 12.8 Å². The molecule has 5 heteroatoms. The summed E-state index contributed by atoms with van der Waals surface area (Å²) in [6.45, 7) is 4.72.